The van der Waals surface area contributed by atoms with E-state index in [0.717, 1.165) is 38.9 Å². The lowest BCUT2D eigenvalue weighted by Crippen LogP contribution is -2.18. The number of ether oxygens (including phenoxy) is 2. The topological polar surface area (TPSA) is 44.5 Å². The first kappa shape index (κ1) is 9.96. The van der Waals surface area contributed by atoms with Gasteiger partial charge >= 0.3 is 0 Å². The van der Waals surface area contributed by atoms with Crippen molar-refractivity contribution in [3.63, 3.8) is 0 Å². The standard InChI is InChI=1S/C9H19NO2/c1-11-5-2-6-12-9-4-3-8(10)7-9/h8-9H,2-7,10H2,1H3. The van der Waals surface area contributed by atoms with Crippen LogP contribution >= 0.6 is 0 Å². The highest BCUT2D eigenvalue weighted by Gasteiger charge is 2.21. The van der Waals surface area contributed by atoms with Crippen LogP contribution in [0.1, 0.15) is 25.7 Å². The van der Waals surface area contributed by atoms with E-state index in [-0.39, 0.29) is 0 Å². The maximum Gasteiger partial charge on any atom is 0.0590 e. The van der Waals surface area contributed by atoms with E-state index in [9.17, 15) is 0 Å². The van der Waals surface area contributed by atoms with Crippen LogP contribution in [0.2, 0.25) is 0 Å². The maximum atomic E-state index is 5.75. The van der Waals surface area contributed by atoms with Gasteiger partial charge in [-0.05, 0) is 25.7 Å². The second kappa shape index (κ2) is 5.51. The molecular formula is C9H19NO2. The third-order valence-electron chi connectivity index (χ3n) is 2.27. The largest absolute Gasteiger partial charge is 0.385 e. The van der Waals surface area contributed by atoms with E-state index >= 15 is 0 Å². The fourth-order valence-electron chi connectivity index (χ4n) is 1.58. The van der Waals surface area contributed by atoms with Gasteiger partial charge in [-0.1, -0.05) is 0 Å². The first-order valence-corrected chi connectivity index (χ1v) is 4.69. The Morgan fingerprint density at radius 3 is 2.75 bits per heavy atom. The van der Waals surface area contributed by atoms with Gasteiger partial charge < -0.3 is 15.2 Å². The molecule has 1 aliphatic carbocycles. The van der Waals surface area contributed by atoms with Gasteiger partial charge in [-0.2, -0.15) is 0 Å². The van der Waals surface area contributed by atoms with E-state index in [0.29, 0.717) is 12.1 Å². The third-order valence-corrected chi connectivity index (χ3v) is 2.27. The zero-order valence-electron chi connectivity index (χ0n) is 7.79. The molecule has 0 aromatic heterocycles. The molecule has 0 aromatic carbocycles. The minimum Gasteiger partial charge on any atom is -0.385 e. The summed E-state index contributed by atoms with van der Waals surface area (Å²) in [7, 11) is 1.71. The molecule has 0 heterocycles. The lowest BCUT2D eigenvalue weighted by molar-refractivity contribution is 0.0432. The normalized spacial score (nSPS) is 29.5. The Morgan fingerprint density at radius 2 is 2.17 bits per heavy atom. The van der Waals surface area contributed by atoms with Crippen molar-refractivity contribution in [3.05, 3.63) is 0 Å². The van der Waals surface area contributed by atoms with Gasteiger partial charge in [0.25, 0.3) is 0 Å². The number of hydrogen-bond acceptors (Lipinski definition) is 3. The molecule has 0 amide bonds. The molecule has 1 aliphatic rings. The molecule has 3 heteroatoms. The monoisotopic (exact) mass is 173 g/mol. The fourth-order valence-corrected chi connectivity index (χ4v) is 1.58. The molecule has 2 unspecified atom stereocenters. The van der Waals surface area contributed by atoms with Gasteiger partial charge in [0, 0.05) is 26.4 Å². The first-order valence-electron chi connectivity index (χ1n) is 4.69. The number of rotatable bonds is 5. The molecule has 2 atom stereocenters. The van der Waals surface area contributed by atoms with Gasteiger partial charge in [0.2, 0.25) is 0 Å². The van der Waals surface area contributed by atoms with E-state index in [1.54, 1.807) is 7.11 Å². The molecule has 72 valence electrons. The average Bonchev–Trinajstić information content (AvgIpc) is 2.45. The Kier molecular flexibility index (Phi) is 4.58. The minimum atomic E-state index is 0.373. The smallest absolute Gasteiger partial charge is 0.0590 e. The molecule has 0 radical (unpaired) electrons. The van der Waals surface area contributed by atoms with Gasteiger partial charge in [-0.3, -0.25) is 0 Å². The summed E-state index contributed by atoms with van der Waals surface area (Å²) in [6.45, 7) is 1.60. The summed E-state index contributed by atoms with van der Waals surface area (Å²) < 4.78 is 10.5. The van der Waals surface area contributed by atoms with Crippen LogP contribution < -0.4 is 5.73 Å². The van der Waals surface area contributed by atoms with Crippen LogP contribution in [0.4, 0.5) is 0 Å². The van der Waals surface area contributed by atoms with Crippen molar-refractivity contribution < 1.29 is 9.47 Å². The van der Waals surface area contributed by atoms with Crippen molar-refractivity contribution >= 4 is 0 Å². The highest BCUT2D eigenvalue weighted by atomic mass is 16.5. The Balaban J connectivity index is 1.93. The summed E-state index contributed by atoms with van der Waals surface area (Å²) in [6.07, 6.45) is 4.69. The predicted octanol–water partition coefficient (Wildman–Crippen LogP) is 0.919. The van der Waals surface area contributed by atoms with E-state index < -0.39 is 0 Å². The molecule has 12 heavy (non-hydrogen) atoms. The number of methoxy groups -OCH3 is 1. The van der Waals surface area contributed by atoms with Gasteiger partial charge in [-0.25, -0.2) is 0 Å². The predicted molar refractivity (Wildman–Crippen MR) is 48.1 cm³/mol. The number of nitrogens with two attached hydrogens (primary N) is 1. The Hall–Kier alpha value is -0.120. The molecule has 0 bridgehead atoms. The second-order valence-electron chi connectivity index (χ2n) is 3.41. The lowest BCUT2D eigenvalue weighted by Gasteiger charge is -2.10. The lowest BCUT2D eigenvalue weighted by atomic mass is 10.3. The minimum absolute atomic E-state index is 0.373. The first-order chi connectivity index (χ1) is 5.83. The number of hydrogen-bond donors (Lipinski definition) is 1. The maximum absolute atomic E-state index is 5.75. The Bertz CT molecular complexity index is 119. The van der Waals surface area contributed by atoms with Gasteiger partial charge in [0.05, 0.1) is 6.10 Å². The van der Waals surface area contributed by atoms with Crippen molar-refractivity contribution in [2.24, 2.45) is 5.73 Å². The van der Waals surface area contributed by atoms with Crippen molar-refractivity contribution in [2.45, 2.75) is 37.8 Å². The van der Waals surface area contributed by atoms with Crippen LogP contribution in [0.3, 0.4) is 0 Å². The molecule has 0 aromatic rings. The molecule has 3 nitrogen and oxygen atoms in total. The molecule has 0 aliphatic heterocycles. The van der Waals surface area contributed by atoms with Crippen LogP contribution in [-0.2, 0) is 9.47 Å². The quantitative estimate of drug-likeness (QED) is 0.629. The summed E-state index contributed by atoms with van der Waals surface area (Å²) in [4.78, 5) is 0. The third kappa shape index (κ3) is 3.52. The van der Waals surface area contributed by atoms with Crippen LogP contribution in [-0.4, -0.2) is 32.5 Å². The summed E-state index contributed by atoms with van der Waals surface area (Å²) in [5.74, 6) is 0. The van der Waals surface area contributed by atoms with Crippen LogP contribution in [0.15, 0.2) is 0 Å². The van der Waals surface area contributed by atoms with Gasteiger partial charge in [0.15, 0.2) is 0 Å². The molecule has 2 N–H and O–H groups in total. The average molecular weight is 173 g/mol. The van der Waals surface area contributed by atoms with Gasteiger partial charge in [-0.15, -0.1) is 0 Å². The van der Waals surface area contributed by atoms with E-state index in [1.807, 2.05) is 0 Å². The Labute approximate surface area is 74.2 Å². The fraction of sp³-hybridized carbons (Fsp3) is 1.00. The van der Waals surface area contributed by atoms with E-state index in [1.165, 1.54) is 0 Å². The summed E-state index contributed by atoms with van der Waals surface area (Å²) in [5, 5.41) is 0. The molecule has 0 saturated heterocycles. The summed E-state index contributed by atoms with van der Waals surface area (Å²) in [6, 6.07) is 0.373. The Morgan fingerprint density at radius 1 is 1.33 bits per heavy atom. The van der Waals surface area contributed by atoms with E-state index in [2.05, 4.69) is 0 Å². The highest BCUT2D eigenvalue weighted by molar-refractivity contribution is 4.77. The molecule has 1 fully saturated rings. The zero-order valence-corrected chi connectivity index (χ0v) is 7.79. The second-order valence-corrected chi connectivity index (χ2v) is 3.41. The van der Waals surface area contributed by atoms with Crippen LogP contribution in [0.25, 0.3) is 0 Å². The molecular weight excluding hydrogens is 154 g/mol. The van der Waals surface area contributed by atoms with Crippen molar-refractivity contribution in [1.29, 1.82) is 0 Å². The summed E-state index contributed by atoms with van der Waals surface area (Å²) >= 11 is 0. The van der Waals surface area contributed by atoms with Crippen molar-refractivity contribution in [2.75, 3.05) is 20.3 Å². The molecule has 1 rings (SSSR count). The van der Waals surface area contributed by atoms with Crippen molar-refractivity contribution in [1.82, 2.24) is 0 Å². The SMILES string of the molecule is COCCCOC1CCC(N)C1. The highest BCUT2D eigenvalue weighted by Crippen LogP contribution is 2.20. The van der Waals surface area contributed by atoms with Gasteiger partial charge in [0.1, 0.15) is 0 Å². The van der Waals surface area contributed by atoms with Crippen LogP contribution in [0, 0.1) is 0 Å². The van der Waals surface area contributed by atoms with Crippen LogP contribution in [0.5, 0.6) is 0 Å². The molecule has 0 spiro atoms. The molecule has 1 saturated carbocycles. The summed E-state index contributed by atoms with van der Waals surface area (Å²) in [5.41, 5.74) is 5.75. The zero-order chi connectivity index (χ0) is 8.81. The van der Waals surface area contributed by atoms with Crippen molar-refractivity contribution in [3.8, 4) is 0 Å². The van der Waals surface area contributed by atoms with E-state index in [4.69, 9.17) is 15.2 Å².